The van der Waals surface area contributed by atoms with Crippen molar-refractivity contribution in [3.63, 3.8) is 0 Å². The van der Waals surface area contributed by atoms with Gasteiger partial charge in [-0.1, -0.05) is 0 Å². The van der Waals surface area contributed by atoms with E-state index in [1.807, 2.05) is 0 Å². The first-order chi connectivity index (χ1) is 17.8. The Morgan fingerprint density at radius 3 is 0.524 bits per heavy atom. The summed E-state index contributed by atoms with van der Waals surface area (Å²) in [6.07, 6.45) is -58.0. The molecule has 0 radical (unpaired) electrons. The van der Waals surface area contributed by atoms with Gasteiger partial charge in [-0.2, -0.15) is 52.7 Å². The van der Waals surface area contributed by atoms with Crippen LogP contribution in [0, 0.1) is 0 Å². The van der Waals surface area contributed by atoms with Crippen molar-refractivity contribution in [1.29, 1.82) is 0 Å². The van der Waals surface area contributed by atoms with Crippen LogP contribution in [0.1, 0.15) is 77.0 Å². The average molecular weight is 662 g/mol. The molecule has 0 saturated carbocycles. The van der Waals surface area contributed by atoms with E-state index in [4.69, 9.17) is 0 Å². The van der Waals surface area contributed by atoms with Gasteiger partial charge in [0, 0.05) is 25.7 Å². The molecule has 0 aromatic carbocycles. The third kappa shape index (κ3) is 12.7. The average Bonchev–Trinajstić information content (AvgIpc) is 2.61. The zero-order valence-electron chi connectivity index (χ0n) is 21.6. The van der Waals surface area contributed by atoms with E-state index >= 15 is 35.1 Å². The van der Waals surface area contributed by atoms with Crippen LogP contribution in [-0.2, 0) is 0 Å². The number of alkyl halides is 20. The van der Waals surface area contributed by atoms with Gasteiger partial charge in [0.1, 0.15) is 23.3 Å². The van der Waals surface area contributed by atoms with Crippen molar-refractivity contribution in [2.75, 3.05) is 0 Å². The van der Waals surface area contributed by atoms with Gasteiger partial charge in [0.2, 0.25) is 0 Å². The molecule has 42 heavy (non-hydrogen) atoms. The van der Waals surface area contributed by atoms with Crippen molar-refractivity contribution >= 4 is 6.15 Å². The van der Waals surface area contributed by atoms with Crippen LogP contribution in [-0.4, -0.2) is 54.1 Å². The van der Waals surface area contributed by atoms with Gasteiger partial charge in [0.05, 0.1) is 0 Å². The topological polar surface area (TPSA) is 0 Å². The monoisotopic (exact) mass is 662 g/mol. The predicted molar refractivity (Wildman–Crippen MR) is 105 cm³/mol. The molecule has 248 valence electrons. The van der Waals surface area contributed by atoms with Crippen LogP contribution in [0.25, 0.3) is 0 Å². The van der Waals surface area contributed by atoms with E-state index in [1.54, 1.807) is 0 Å². The minimum Gasteiger partial charge on any atom is -0.251 e. The van der Waals surface area contributed by atoms with Crippen LogP contribution in [0.4, 0.5) is 87.8 Å². The Morgan fingerprint density at radius 2 is 0.405 bits per heavy atom. The van der Waals surface area contributed by atoms with Crippen LogP contribution in [0.5, 0.6) is 0 Å². The molecule has 0 bridgehead atoms. The summed E-state index contributed by atoms with van der Waals surface area (Å²) >= 11 is 0. The summed E-state index contributed by atoms with van der Waals surface area (Å²) in [6, 6.07) is 0. The molecule has 0 spiro atoms. The summed E-state index contributed by atoms with van der Waals surface area (Å²) in [7, 11) is 0. The first-order valence-electron chi connectivity index (χ1n) is 11.8. The fourth-order valence-corrected chi connectivity index (χ4v) is 4.82. The Bertz CT molecular complexity index is 662. The molecule has 0 fully saturated rings. The van der Waals surface area contributed by atoms with Crippen LogP contribution in [0.15, 0.2) is 0 Å². The molecule has 0 aromatic heterocycles. The van der Waals surface area contributed by atoms with Crippen LogP contribution < -0.4 is 18.9 Å². The maximum Gasteiger partial charge on any atom is 1.00 e. The number of halogens is 20. The van der Waals surface area contributed by atoms with Gasteiger partial charge in [-0.25, -0.2) is 0 Å². The zero-order valence-corrected chi connectivity index (χ0v) is 21.6. The van der Waals surface area contributed by atoms with E-state index in [2.05, 4.69) is 0 Å². The molecular weight excluding hydrogens is 638 g/mol. The van der Waals surface area contributed by atoms with Crippen molar-refractivity contribution in [2.45, 2.75) is 125 Å². The molecule has 0 aliphatic carbocycles. The predicted octanol–water partition coefficient (Wildman–Crippen LogP) is 8.07. The molecule has 22 heteroatoms. The number of hydrogen-bond acceptors (Lipinski definition) is 0. The zero-order chi connectivity index (χ0) is 33.0. The van der Waals surface area contributed by atoms with Crippen LogP contribution in [0.2, 0.25) is 0 Å². The molecule has 0 N–H and O–H groups in total. The first kappa shape index (κ1) is 43.4. The first-order valence-corrected chi connectivity index (χ1v) is 11.8. The quantitative estimate of drug-likeness (QED) is 0.116. The molecule has 0 unspecified atom stereocenters. The molecule has 0 amide bonds. The van der Waals surface area contributed by atoms with Gasteiger partial charge < -0.3 is 0 Å². The number of rotatable bonds is 16. The second kappa shape index (κ2) is 14.6. The molecule has 0 saturated heterocycles. The maximum absolute atomic E-state index is 15.3. The summed E-state index contributed by atoms with van der Waals surface area (Å²) < 4.78 is 272. The Morgan fingerprint density at radius 1 is 0.262 bits per heavy atom. The summed E-state index contributed by atoms with van der Waals surface area (Å²) in [5.41, 5.74) is 0. The third-order valence-corrected chi connectivity index (χ3v) is 6.42. The Labute approximate surface area is 238 Å². The second-order valence-electron chi connectivity index (χ2n) is 9.79. The molecule has 0 nitrogen and oxygen atoms in total. The smallest absolute Gasteiger partial charge is 0.251 e. The summed E-state index contributed by atoms with van der Waals surface area (Å²) in [5, 5.41) is 0. The van der Waals surface area contributed by atoms with E-state index in [0.29, 0.717) is 0 Å². The fraction of sp³-hybridized carbons (Fsp3) is 1.00. The van der Waals surface area contributed by atoms with E-state index in [9.17, 15) is 52.7 Å². The Kier molecular flexibility index (Phi) is 15.1. The summed E-state index contributed by atoms with van der Waals surface area (Å²) in [6.45, 7) is 0. The SMILES string of the molecule is FC(F)(F)CCCC(F)(F)[B-](C(F)(F)CCCC(F)(F)F)(C(F)(F)CCCC(F)(F)F)C(F)(F)CCCC(F)(F)F.[Li+]. The Balaban J connectivity index is 0. The van der Waals surface area contributed by atoms with Crippen molar-refractivity contribution in [2.24, 2.45) is 0 Å². The van der Waals surface area contributed by atoms with Crippen molar-refractivity contribution in [3.05, 3.63) is 0 Å². The maximum atomic E-state index is 15.3. The molecule has 0 heterocycles. The van der Waals surface area contributed by atoms with Gasteiger partial charge in [0.15, 0.2) is 0 Å². The molecule has 0 rings (SSSR count). The third-order valence-electron chi connectivity index (χ3n) is 6.42. The molecule has 0 atom stereocenters. The fourth-order valence-electron chi connectivity index (χ4n) is 4.82. The second-order valence-corrected chi connectivity index (χ2v) is 9.79. The minimum atomic E-state index is -7.64. The van der Waals surface area contributed by atoms with Crippen molar-refractivity contribution in [3.8, 4) is 0 Å². The molecule has 0 aliphatic rings. The largest absolute Gasteiger partial charge is 1.00 e. The number of hydrogen-bond donors (Lipinski definition) is 0. The van der Waals surface area contributed by atoms with Crippen molar-refractivity contribution in [1.82, 2.24) is 0 Å². The molecular formula is C20H24BF20Li. The van der Waals surface area contributed by atoms with E-state index in [0.717, 1.165) is 0 Å². The summed E-state index contributed by atoms with van der Waals surface area (Å²) in [5.74, 6) is -25.2. The normalized spacial score (nSPS) is 15.1. The minimum absolute atomic E-state index is 0. The van der Waals surface area contributed by atoms with Crippen LogP contribution in [0.3, 0.4) is 0 Å². The van der Waals surface area contributed by atoms with Gasteiger partial charge in [-0.05, 0) is 51.4 Å². The van der Waals surface area contributed by atoms with E-state index in [1.165, 1.54) is 0 Å². The van der Waals surface area contributed by atoms with E-state index < -0.39 is 131 Å². The van der Waals surface area contributed by atoms with Gasteiger partial charge in [-0.15, -0.1) is 0 Å². The van der Waals surface area contributed by atoms with Gasteiger partial charge >= 0.3 is 49.7 Å². The van der Waals surface area contributed by atoms with Gasteiger partial charge in [0.25, 0.3) is 0 Å². The summed E-state index contributed by atoms with van der Waals surface area (Å²) in [4.78, 5) is 0. The van der Waals surface area contributed by atoms with Crippen LogP contribution >= 0.6 is 0 Å². The van der Waals surface area contributed by atoms with E-state index in [-0.39, 0.29) is 18.9 Å². The molecule has 0 aliphatic heterocycles. The Hall–Kier alpha value is -0.738. The van der Waals surface area contributed by atoms with Gasteiger partial charge in [-0.3, -0.25) is 35.1 Å². The standard InChI is InChI=1S/C20H24BF20.Li/c22-13(23,5-1-9-17(30,31)32)21(14(24,25)6-2-10-18(33,34)35,15(26,27)7-3-11-19(36,37)38)16(28,29)8-4-12-20(39,40)41;/h1-12H2;/q-1;+1. The molecule has 0 aromatic rings. The van der Waals surface area contributed by atoms with Crippen molar-refractivity contribution < 1.29 is 107 Å².